The lowest BCUT2D eigenvalue weighted by molar-refractivity contribution is -0.255. The highest BCUT2D eigenvalue weighted by atomic mass is 19.4. The average Bonchev–Trinajstić information content (AvgIpc) is 2.01. The second kappa shape index (κ2) is 3.24. The van der Waals surface area contributed by atoms with E-state index < -0.39 is 29.4 Å². The summed E-state index contributed by atoms with van der Waals surface area (Å²) in [7, 11) is 0. The van der Waals surface area contributed by atoms with E-state index in [1.807, 2.05) is 0 Å². The number of halogens is 4. The third kappa shape index (κ3) is 2.18. The van der Waals surface area contributed by atoms with E-state index in [4.69, 9.17) is 0 Å². The fourth-order valence-electron chi connectivity index (χ4n) is 0.760. The summed E-state index contributed by atoms with van der Waals surface area (Å²) in [5.41, 5.74) is -2.50. The van der Waals surface area contributed by atoms with Crippen molar-refractivity contribution in [3.63, 3.8) is 0 Å². The van der Waals surface area contributed by atoms with E-state index in [1.54, 1.807) is 0 Å². The largest absolute Gasteiger partial charge is 0.545 e. The van der Waals surface area contributed by atoms with Crippen molar-refractivity contribution in [2.75, 3.05) is 0 Å². The molecule has 0 aliphatic rings. The third-order valence-electron chi connectivity index (χ3n) is 1.32. The maximum Gasteiger partial charge on any atom is 0.433 e. The molecule has 14 heavy (non-hydrogen) atoms. The van der Waals surface area contributed by atoms with E-state index in [0.717, 1.165) is 0 Å². The van der Waals surface area contributed by atoms with Gasteiger partial charge in [-0.1, -0.05) is 0 Å². The van der Waals surface area contributed by atoms with Gasteiger partial charge in [0.25, 0.3) is 0 Å². The number of aromatic carboxylic acids is 1. The smallest absolute Gasteiger partial charge is 0.433 e. The first-order chi connectivity index (χ1) is 6.30. The molecule has 0 unspecified atom stereocenters. The van der Waals surface area contributed by atoms with Crippen molar-refractivity contribution in [3.8, 4) is 0 Å². The molecule has 0 amide bonds. The first kappa shape index (κ1) is 10.4. The van der Waals surface area contributed by atoms with E-state index in [-0.39, 0.29) is 6.07 Å². The van der Waals surface area contributed by atoms with Gasteiger partial charge in [0.2, 0.25) is 5.95 Å². The summed E-state index contributed by atoms with van der Waals surface area (Å²) in [6.07, 6.45) is -4.88. The average molecular weight is 208 g/mol. The molecule has 0 aliphatic heterocycles. The Morgan fingerprint density at radius 2 is 1.93 bits per heavy atom. The van der Waals surface area contributed by atoms with Crippen LogP contribution < -0.4 is 5.11 Å². The maximum absolute atomic E-state index is 12.4. The van der Waals surface area contributed by atoms with Crippen molar-refractivity contribution in [2.24, 2.45) is 0 Å². The van der Waals surface area contributed by atoms with Crippen LogP contribution in [0, 0.1) is 5.95 Å². The van der Waals surface area contributed by atoms with Gasteiger partial charge in [-0.2, -0.15) is 17.6 Å². The van der Waals surface area contributed by atoms with Crippen LogP contribution in [0.15, 0.2) is 12.1 Å². The van der Waals surface area contributed by atoms with Crippen molar-refractivity contribution in [1.82, 2.24) is 4.98 Å². The molecule has 0 aromatic carbocycles. The highest BCUT2D eigenvalue weighted by Crippen LogP contribution is 2.28. The summed E-state index contributed by atoms with van der Waals surface area (Å²) in [4.78, 5) is 12.7. The van der Waals surface area contributed by atoms with Crippen molar-refractivity contribution in [2.45, 2.75) is 6.18 Å². The minimum absolute atomic E-state index is 0.207. The molecule has 0 fully saturated rings. The number of hydrogen-bond acceptors (Lipinski definition) is 3. The Labute approximate surface area is 75.0 Å². The van der Waals surface area contributed by atoms with Crippen molar-refractivity contribution < 1.29 is 27.5 Å². The first-order valence-corrected chi connectivity index (χ1v) is 3.27. The molecule has 7 heteroatoms. The Morgan fingerprint density at radius 1 is 1.36 bits per heavy atom. The zero-order valence-electron chi connectivity index (χ0n) is 6.43. The van der Waals surface area contributed by atoms with Gasteiger partial charge in [0, 0.05) is 11.6 Å². The molecule has 76 valence electrons. The van der Waals surface area contributed by atoms with Gasteiger partial charge in [-0.05, 0) is 6.07 Å². The molecule has 0 N–H and O–H groups in total. The predicted molar refractivity (Wildman–Crippen MR) is 33.5 cm³/mol. The van der Waals surface area contributed by atoms with Gasteiger partial charge in [0.1, 0.15) is 5.69 Å². The van der Waals surface area contributed by atoms with Gasteiger partial charge >= 0.3 is 6.18 Å². The van der Waals surface area contributed by atoms with Gasteiger partial charge < -0.3 is 9.90 Å². The van der Waals surface area contributed by atoms with E-state index in [2.05, 4.69) is 4.98 Å². The molecule has 0 aliphatic carbocycles. The standard InChI is InChI=1S/C7H3F4NO2/c8-5-2-3(6(13)14)1-4(12-5)7(9,10)11/h1-2H,(H,13,14)/p-1. The van der Waals surface area contributed by atoms with Crippen LogP contribution in [0.3, 0.4) is 0 Å². The molecule has 0 spiro atoms. The lowest BCUT2D eigenvalue weighted by Gasteiger charge is -2.08. The fourth-order valence-corrected chi connectivity index (χ4v) is 0.760. The molecule has 1 aromatic heterocycles. The van der Waals surface area contributed by atoms with Crippen LogP contribution in [0.1, 0.15) is 16.1 Å². The number of carboxylic acid groups (broad SMARTS) is 1. The molecule has 0 atom stereocenters. The van der Waals surface area contributed by atoms with Crippen LogP contribution in [0.2, 0.25) is 0 Å². The lowest BCUT2D eigenvalue weighted by atomic mass is 10.2. The highest BCUT2D eigenvalue weighted by Gasteiger charge is 2.33. The van der Waals surface area contributed by atoms with E-state index >= 15 is 0 Å². The first-order valence-electron chi connectivity index (χ1n) is 3.27. The number of nitrogens with zero attached hydrogens (tertiary/aromatic N) is 1. The predicted octanol–water partition coefficient (Wildman–Crippen LogP) is 0.603. The summed E-state index contributed by atoms with van der Waals surface area (Å²) in [6.45, 7) is 0. The monoisotopic (exact) mass is 208 g/mol. The highest BCUT2D eigenvalue weighted by molar-refractivity contribution is 5.85. The molecule has 1 rings (SSSR count). The van der Waals surface area contributed by atoms with Gasteiger partial charge in [-0.3, -0.25) is 0 Å². The normalized spacial score (nSPS) is 11.4. The number of carbonyl (C=O) groups is 1. The topological polar surface area (TPSA) is 53.0 Å². The molecule has 1 aromatic rings. The van der Waals surface area contributed by atoms with Gasteiger partial charge in [0.05, 0.1) is 5.97 Å². The van der Waals surface area contributed by atoms with Crippen LogP contribution >= 0.6 is 0 Å². The van der Waals surface area contributed by atoms with E-state index in [1.165, 1.54) is 0 Å². The Balaban J connectivity index is 3.28. The number of rotatable bonds is 1. The summed E-state index contributed by atoms with van der Waals surface area (Å²) < 4.78 is 48.3. The maximum atomic E-state index is 12.4. The molecule has 0 radical (unpaired) electrons. The number of carboxylic acids is 1. The molecular formula is C7H2F4NO2-. The van der Waals surface area contributed by atoms with Crippen molar-refractivity contribution in [1.29, 1.82) is 0 Å². The number of pyridine rings is 1. The molecule has 0 saturated heterocycles. The summed E-state index contributed by atoms with van der Waals surface area (Å²) >= 11 is 0. The van der Waals surface area contributed by atoms with Crippen LogP contribution in [0.5, 0.6) is 0 Å². The Bertz CT molecular complexity index is 374. The van der Waals surface area contributed by atoms with Crippen molar-refractivity contribution >= 4 is 5.97 Å². The Kier molecular flexibility index (Phi) is 2.41. The quantitative estimate of drug-likeness (QED) is 0.501. The number of alkyl halides is 3. The summed E-state index contributed by atoms with van der Waals surface area (Å²) in [6, 6.07) is 0.559. The number of hydrogen-bond donors (Lipinski definition) is 0. The Hall–Kier alpha value is -1.66. The van der Waals surface area contributed by atoms with Gasteiger partial charge in [-0.25, -0.2) is 4.98 Å². The minimum atomic E-state index is -4.88. The van der Waals surface area contributed by atoms with Crippen LogP contribution in [-0.2, 0) is 6.18 Å². The van der Waals surface area contributed by atoms with E-state index in [0.29, 0.717) is 6.07 Å². The van der Waals surface area contributed by atoms with E-state index in [9.17, 15) is 27.5 Å². The molecule has 3 nitrogen and oxygen atoms in total. The molecule has 1 heterocycles. The van der Waals surface area contributed by atoms with Crippen LogP contribution in [0.4, 0.5) is 17.6 Å². The zero-order chi connectivity index (χ0) is 10.9. The molecule has 0 bridgehead atoms. The van der Waals surface area contributed by atoms with Gasteiger partial charge in [-0.15, -0.1) is 0 Å². The second-order valence-corrected chi connectivity index (χ2v) is 2.35. The van der Waals surface area contributed by atoms with Crippen LogP contribution in [-0.4, -0.2) is 11.0 Å². The third-order valence-corrected chi connectivity index (χ3v) is 1.32. The number of carbonyl (C=O) groups excluding carboxylic acids is 1. The van der Waals surface area contributed by atoms with Crippen molar-refractivity contribution in [3.05, 3.63) is 29.3 Å². The zero-order valence-corrected chi connectivity index (χ0v) is 6.43. The minimum Gasteiger partial charge on any atom is -0.545 e. The SMILES string of the molecule is O=C([O-])c1cc(F)nc(C(F)(F)F)c1. The van der Waals surface area contributed by atoms with Gasteiger partial charge in [0.15, 0.2) is 0 Å². The fraction of sp³-hybridized carbons (Fsp3) is 0.143. The lowest BCUT2D eigenvalue weighted by Crippen LogP contribution is -2.23. The molecular weight excluding hydrogens is 206 g/mol. The summed E-state index contributed by atoms with van der Waals surface area (Å²) in [5.74, 6) is -3.41. The molecule has 0 saturated carbocycles. The Morgan fingerprint density at radius 3 is 2.36 bits per heavy atom. The second-order valence-electron chi connectivity index (χ2n) is 2.35. The van der Waals surface area contributed by atoms with Crippen LogP contribution in [0.25, 0.3) is 0 Å². The number of aromatic nitrogens is 1. The summed E-state index contributed by atoms with van der Waals surface area (Å²) in [5, 5.41) is 10.2.